The minimum absolute atomic E-state index is 0. The molecular weight excluding hydrogens is 385 g/mol. The second kappa shape index (κ2) is 10.3. The topological polar surface area (TPSA) is 35.9 Å². The van der Waals surface area contributed by atoms with Crippen molar-refractivity contribution in [1.29, 1.82) is 0 Å². The molecule has 2 aliphatic rings. The van der Waals surface area contributed by atoms with Gasteiger partial charge in [-0.25, -0.2) is 4.39 Å². The zero-order chi connectivity index (χ0) is 18.5. The minimum Gasteiger partial charge on any atom is -0.330 e. The van der Waals surface area contributed by atoms with Crippen molar-refractivity contribution in [2.24, 2.45) is 4.99 Å². The summed E-state index contributed by atoms with van der Waals surface area (Å²) in [4.78, 5) is 21.5. The van der Waals surface area contributed by atoms with Gasteiger partial charge < -0.3 is 4.90 Å². The molecule has 0 N–H and O–H groups in total. The molecule has 7 heteroatoms. The van der Waals surface area contributed by atoms with E-state index < -0.39 is 0 Å². The van der Waals surface area contributed by atoms with Gasteiger partial charge in [-0.15, -0.1) is 12.4 Å². The van der Waals surface area contributed by atoms with Gasteiger partial charge in [0.25, 0.3) is 0 Å². The molecular formula is C20H29ClFN3OS. The first-order valence-corrected chi connectivity index (χ1v) is 10.6. The minimum atomic E-state index is -0.289. The number of rotatable bonds is 5. The van der Waals surface area contributed by atoms with Crippen molar-refractivity contribution in [3.8, 4) is 0 Å². The largest absolute Gasteiger partial charge is 0.330 e. The lowest BCUT2D eigenvalue weighted by Crippen LogP contribution is -2.50. The molecule has 4 nitrogen and oxygen atoms in total. The molecule has 0 aromatic heterocycles. The van der Waals surface area contributed by atoms with Crippen LogP contribution in [0.15, 0.2) is 29.3 Å². The summed E-state index contributed by atoms with van der Waals surface area (Å²) in [5.74, 6) is 0.480. The van der Waals surface area contributed by atoms with Gasteiger partial charge in [0.05, 0.1) is 6.04 Å². The molecule has 1 saturated heterocycles. The summed E-state index contributed by atoms with van der Waals surface area (Å²) < 4.78 is 13.3. The third kappa shape index (κ3) is 5.38. The summed E-state index contributed by atoms with van der Waals surface area (Å²) in [7, 11) is 0. The molecule has 3 rings (SSSR count). The highest BCUT2D eigenvalue weighted by molar-refractivity contribution is 8.14. The van der Waals surface area contributed by atoms with Crippen LogP contribution in [0.4, 0.5) is 10.1 Å². The summed E-state index contributed by atoms with van der Waals surface area (Å²) in [6, 6.07) is 6.60. The van der Waals surface area contributed by atoms with E-state index in [9.17, 15) is 9.18 Å². The Morgan fingerprint density at radius 3 is 2.52 bits per heavy atom. The van der Waals surface area contributed by atoms with E-state index in [0.717, 1.165) is 29.6 Å². The molecule has 0 bridgehead atoms. The average molecular weight is 414 g/mol. The van der Waals surface area contributed by atoms with Crippen LogP contribution in [0.25, 0.3) is 0 Å². The van der Waals surface area contributed by atoms with E-state index in [4.69, 9.17) is 4.99 Å². The first-order chi connectivity index (χ1) is 12.6. The monoisotopic (exact) mass is 413 g/mol. The molecule has 1 aromatic carbocycles. The number of amides is 1. The van der Waals surface area contributed by atoms with Crippen molar-refractivity contribution in [3.05, 3.63) is 30.1 Å². The quantitative estimate of drug-likeness (QED) is 0.675. The predicted octanol–water partition coefficient (Wildman–Crippen LogP) is 5.07. The van der Waals surface area contributed by atoms with Crippen LogP contribution in [0.1, 0.15) is 52.4 Å². The first-order valence-electron chi connectivity index (χ1n) is 9.62. The van der Waals surface area contributed by atoms with Crippen molar-refractivity contribution in [3.63, 3.8) is 0 Å². The SMILES string of the molecule is CCCN1C(=NC2CCCCC2)SCC1N(C(C)=O)c1ccc(F)cc1.Cl. The number of carbonyl (C=O) groups excluding carboxylic acids is 1. The number of anilines is 1. The van der Waals surface area contributed by atoms with Crippen LogP contribution in [0.5, 0.6) is 0 Å². The fraction of sp³-hybridized carbons (Fsp3) is 0.600. The molecule has 0 spiro atoms. The van der Waals surface area contributed by atoms with E-state index in [0.29, 0.717) is 6.04 Å². The summed E-state index contributed by atoms with van der Waals surface area (Å²) >= 11 is 1.74. The van der Waals surface area contributed by atoms with Crippen molar-refractivity contribution in [1.82, 2.24) is 4.90 Å². The summed E-state index contributed by atoms with van der Waals surface area (Å²) in [6.07, 6.45) is 7.11. The first kappa shape index (κ1) is 22.0. The van der Waals surface area contributed by atoms with E-state index in [2.05, 4.69) is 11.8 Å². The van der Waals surface area contributed by atoms with Gasteiger partial charge in [0.2, 0.25) is 5.91 Å². The number of amidine groups is 1. The highest BCUT2D eigenvalue weighted by atomic mass is 35.5. The van der Waals surface area contributed by atoms with E-state index >= 15 is 0 Å². The maximum atomic E-state index is 13.3. The van der Waals surface area contributed by atoms with Gasteiger partial charge in [-0.1, -0.05) is 37.9 Å². The van der Waals surface area contributed by atoms with E-state index in [1.54, 1.807) is 35.7 Å². The third-order valence-corrected chi connectivity index (χ3v) is 6.10. The molecule has 1 amide bonds. The number of nitrogens with zero attached hydrogens (tertiary/aromatic N) is 3. The Balaban J connectivity index is 0.00000261. The summed E-state index contributed by atoms with van der Waals surface area (Å²) in [6.45, 7) is 4.59. The standard InChI is InChI=1S/C20H28FN3OS.ClH/c1-3-13-23-19(14-26-20(23)22-17-7-5-4-6-8-17)24(15(2)25)18-11-9-16(21)10-12-18;/h9-12,17,19H,3-8,13-14H2,1-2H3;1H. The number of aliphatic imine (C=N–C) groups is 1. The second-order valence-electron chi connectivity index (χ2n) is 7.05. The normalized spacial score (nSPS) is 22.0. The van der Waals surface area contributed by atoms with Crippen LogP contribution < -0.4 is 4.90 Å². The van der Waals surface area contributed by atoms with Crippen LogP contribution >= 0.6 is 24.2 Å². The Bertz CT molecular complexity index is 649. The second-order valence-corrected chi connectivity index (χ2v) is 8.04. The fourth-order valence-corrected chi connectivity index (χ4v) is 5.02. The van der Waals surface area contributed by atoms with Gasteiger partial charge in [0.15, 0.2) is 5.17 Å². The Labute approximate surface area is 172 Å². The molecule has 0 radical (unpaired) electrons. The Morgan fingerprint density at radius 2 is 1.93 bits per heavy atom. The van der Waals surface area contributed by atoms with E-state index in [1.165, 1.54) is 44.2 Å². The highest BCUT2D eigenvalue weighted by Crippen LogP contribution is 2.32. The number of halogens is 2. The molecule has 1 aliphatic carbocycles. The average Bonchev–Trinajstić information content (AvgIpc) is 3.00. The van der Waals surface area contributed by atoms with E-state index in [-0.39, 0.29) is 30.3 Å². The molecule has 150 valence electrons. The van der Waals surface area contributed by atoms with Gasteiger partial charge >= 0.3 is 0 Å². The summed E-state index contributed by atoms with van der Waals surface area (Å²) in [5, 5.41) is 1.07. The van der Waals surface area contributed by atoms with Crippen molar-refractivity contribution >= 4 is 40.9 Å². The van der Waals surface area contributed by atoms with Gasteiger partial charge in [-0.2, -0.15) is 0 Å². The predicted molar refractivity (Wildman–Crippen MR) is 114 cm³/mol. The molecule has 1 aliphatic heterocycles. The lowest BCUT2D eigenvalue weighted by Gasteiger charge is -2.35. The highest BCUT2D eigenvalue weighted by Gasteiger charge is 2.36. The van der Waals surface area contributed by atoms with Crippen LogP contribution in [0.3, 0.4) is 0 Å². The molecule has 27 heavy (non-hydrogen) atoms. The lowest BCUT2D eigenvalue weighted by molar-refractivity contribution is -0.117. The third-order valence-electron chi connectivity index (χ3n) is 5.04. The fourth-order valence-electron chi connectivity index (χ4n) is 3.79. The molecule has 1 aromatic rings. The van der Waals surface area contributed by atoms with Crippen LogP contribution in [0, 0.1) is 5.82 Å². The van der Waals surface area contributed by atoms with Crippen LogP contribution in [0.2, 0.25) is 0 Å². The molecule has 1 saturated carbocycles. The molecule has 1 heterocycles. The van der Waals surface area contributed by atoms with Gasteiger partial charge in [-0.3, -0.25) is 14.7 Å². The van der Waals surface area contributed by atoms with Gasteiger partial charge in [0, 0.05) is 24.9 Å². The molecule has 2 fully saturated rings. The zero-order valence-electron chi connectivity index (χ0n) is 16.1. The number of hydrogen-bond acceptors (Lipinski definition) is 3. The number of carbonyl (C=O) groups is 1. The maximum absolute atomic E-state index is 13.3. The van der Waals surface area contributed by atoms with Crippen molar-refractivity contribution in [2.45, 2.75) is 64.6 Å². The van der Waals surface area contributed by atoms with Gasteiger partial charge in [-0.05, 0) is 43.5 Å². The number of thioether (sulfide) groups is 1. The Kier molecular flexibility index (Phi) is 8.42. The van der Waals surface area contributed by atoms with Gasteiger partial charge in [0.1, 0.15) is 12.0 Å². The maximum Gasteiger partial charge on any atom is 0.225 e. The number of hydrogen-bond donors (Lipinski definition) is 0. The molecule has 1 atom stereocenters. The Hall–Kier alpha value is -1.27. The smallest absolute Gasteiger partial charge is 0.225 e. The van der Waals surface area contributed by atoms with Crippen LogP contribution in [-0.4, -0.2) is 40.5 Å². The number of benzene rings is 1. The van der Waals surface area contributed by atoms with Crippen molar-refractivity contribution in [2.75, 3.05) is 17.2 Å². The summed E-state index contributed by atoms with van der Waals surface area (Å²) in [5.41, 5.74) is 0.740. The lowest BCUT2D eigenvalue weighted by atomic mass is 9.96. The molecule has 1 unspecified atom stereocenters. The Morgan fingerprint density at radius 1 is 1.26 bits per heavy atom. The zero-order valence-corrected chi connectivity index (χ0v) is 17.7. The van der Waals surface area contributed by atoms with Crippen LogP contribution in [-0.2, 0) is 4.79 Å². The van der Waals surface area contributed by atoms with Crippen molar-refractivity contribution < 1.29 is 9.18 Å². The van der Waals surface area contributed by atoms with E-state index in [1.807, 2.05) is 0 Å².